The van der Waals surface area contributed by atoms with Gasteiger partial charge in [-0.1, -0.05) is 18.2 Å². The molecule has 6 heteroatoms. The molecule has 2 aromatic rings. The molecule has 0 unspecified atom stereocenters. The average Bonchev–Trinajstić information content (AvgIpc) is 2.83. The number of carbonyl (C=O) groups is 1. The Kier molecular flexibility index (Phi) is 4.55. The maximum absolute atomic E-state index is 12.2. The lowest BCUT2D eigenvalue weighted by atomic mass is 10.2. The van der Waals surface area contributed by atoms with Crippen molar-refractivity contribution in [1.29, 1.82) is 0 Å². The Morgan fingerprint density at radius 1 is 1.26 bits per heavy atom. The van der Waals surface area contributed by atoms with Crippen LogP contribution in [0.15, 0.2) is 35.5 Å². The van der Waals surface area contributed by atoms with E-state index in [-0.39, 0.29) is 5.91 Å². The van der Waals surface area contributed by atoms with E-state index in [1.54, 1.807) is 18.0 Å². The molecule has 0 aliphatic heterocycles. The van der Waals surface area contributed by atoms with Crippen molar-refractivity contribution in [2.45, 2.75) is 0 Å². The van der Waals surface area contributed by atoms with Gasteiger partial charge in [-0.25, -0.2) is 0 Å². The minimum Gasteiger partial charge on any atom is -0.417 e. The van der Waals surface area contributed by atoms with Crippen molar-refractivity contribution in [2.75, 3.05) is 19.6 Å². The van der Waals surface area contributed by atoms with Crippen LogP contribution in [-0.2, 0) is 0 Å². The number of amides is 1. The fourth-order valence-electron chi connectivity index (χ4n) is 1.79. The van der Waals surface area contributed by atoms with Crippen LogP contribution in [-0.4, -0.2) is 34.6 Å². The van der Waals surface area contributed by atoms with Crippen molar-refractivity contribution in [3.63, 3.8) is 0 Å². The molecule has 0 aliphatic carbocycles. The van der Waals surface area contributed by atoms with E-state index >= 15 is 0 Å². The molecule has 0 radical (unpaired) electrons. The molecule has 1 aromatic carbocycles. The standard InChI is InChI=1S/C13H14N2O2S2/c1-17-15-8-10(9-6-4-5-7-11(9)15)12(16)14-13(18-2)19-3/h4-8H,1-3H3. The summed E-state index contributed by atoms with van der Waals surface area (Å²) in [5.41, 5.74) is 1.41. The summed E-state index contributed by atoms with van der Waals surface area (Å²) in [5, 5.41) is 0.847. The Bertz CT molecular complexity index is 629. The quantitative estimate of drug-likeness (QED) is 0.631. The van der Waals surface area contributed by atoms with Crippen molar-refractivity contribution in [3.8, 4) is 0 Å². The summed E-state index contributed by atoms with van der Waals surface area (Å²) >= 11 is 2.93. The molecule has 100 valence electrons. The average molecular weight is 294 g/mol. The van der Waals surface area contributed by atoms with E-state index in [2.05, 4.69) is 4.99 Å². The Labute approximate surface area is 120 Å². The molecule has 0 N–H and O–H groups in total. The Morgan fingerprint density at radius 2 is 1.95 bits per heavy atom. The van der Waals surface area contributed by atoms with Crippen LogP contribution in [0.3, 0.4) is 0 Å². The molecule has 4 nitrogen and oxygen atoms in total. The van der Waals surface area contributed by atoms with Gasteiger partial charge < -0.3 is 4.84 Å². The van der Waals surface area contributed by atoms with E-state index in [0.29, 0.717) is 5.56 Å². The number of rotatable bonds is 2. The second kappa shape index (κ2) is 6.16. The molecular formula is C13H14N2O2S2. The second-order valence-electron chi connectivity index (χ2n) is 3.66. The number of thioether (sulfide) groups is 2. The van der Waals surface area contributed by atoms with E-state index in [0.717, 1.165) is 15.3 Å². The Hall–Kier alpha value is -1.40. The smallest absolute Gasteiger partial charge is 0.280 e. The van der Waals surface area contributed by atoms with Gasteiger partial charge in [0.2, 0.25) is 0 Å². The third-order valence-electron chi connectivity index (χ3n) is 2.65. The van der Waals surface area contributed by atoms with Gasteiger partial charge in [0.25, 0.3) is 5.91 Å². The van der Waals surface area contributed by atoms with Crippen molar-refractivity contribution in [3.05, 3.63) is 36.0 Å². The molecule has 0 spiro atoms. The lowest BCUT2D eigenvalue weighted by molar-refractivity contribution is 0.100. The summed E-state index contributed by atoms with van der Waals surface area (Å²) in [6.07, 6.45) is 5.48. The maximum Gasteiger partial charge on any atom is 0.280 e. The molecule has 0 saturated carbocycles. The minimum atomic E-state index is -0.245. The zero-order valence-electron chi connectivity index (χ0n) is 10.9. The molecule has 1 heterocycles. The number of aromatic nitrogens is 1. The van der Waals surface area contributed by atoms with Crippen molar-refractivity contribution in [1.82, 2.24) is 4.73 Å². The van der Waals surface area contributed by atoms with Gasteiger partial charge in [0.05, 0.1) is 17.3 Å². The van der Waals surface area contributed by atoms with Gasteiger partial charge in [-0.2, -0.15) is 9.72 Å². The van der Waals surface area contributed by atoms with Crippen LogP contribution in [0.5, 0.6) is 0 Å². The van der Waals surface area contributed by atoms with Crippen LogP contribution in [0, 0.1) is 0 Å². The lowest BCUT2D eigenvalue weighted by Crippen LogP contribution is -2.03. The molecule has 1 amide bonds. The van der Waals surface area contributed by atoms with Gasteiger partial charge in [0.1, 0.15) is 11.5 Å². The first-order valence-electron chi connectivity index (χ1n) is 5.56. The number of hydrogen-bond acceptors (Lipinski definition) is 4. The van der Waals surface area contributed by atoms with Crippen molar-refractivity contribution >= 4 is 44.7 Å². The predicted octanol–water partition coefficient (Wildman–Crippen LogP) is 2.92. The number of hydrogen-bond donors (Lipinski definition) is 0. The van der Waals surface area contributed by atoms with E-state index in [1.165, 1.54) is 23.5 Å². The molecule has 0 fully saturated rings. The van der Waals surface area contributed by atoms with Crippen molar-refractivity contribution < 1.29 is 9.63 Å². The van der Waals surface area contributed by atoms with Gasteiger partial charge in [-0.05, 0) is 18.6 Å². The van der Waals surface area contributed by atoms with E-state index < -0.39 is 0 Å². The molecule has 0 saturated heterocycles. The zero-order chi connectivity index (χ0) is 13.8. The van der Waals surface area contributed by atoms with E-state index in [1.807, 2.05) is 36.8 Å². The van der Waals surface area contributed by atoms with Gasteiger partial charge in [-0.15, -0.1) is 23.5 Å². The minimum absolute atomic E-state index is 0.245. The number of carbonyl (C=O) groups excluding carboxylic acids is 1. The highest BCUT2D eigenvalue weighted by molar-refractivity contribution is 8.38. The summed E-state index contributed by atoms with van der Waals surface area (Å²) < 4.78 is 2.33. The molecule has 1 aromatic heterocycles. The number of para-hydroxylation sites is 1. The number of aliphatic imine (C=N–C) groups is 1. The maximum atomic E-state index is 12.2. The Balaban J connectivity index is 2.51. The zero-order valence-corrected chi connectivity index (χ0v) is 12.5. The summed E-state index contributed by atoms with van der Waals surface area (Å²) in [6, 6.07) is 7.60. The van der Waals surface area contributed by atoms with Crippen LogP contribution in [0.1, 0.15) is 10.4 Å². The predicted molar refractivity (Wildman–Crippen MR) is 83.2 cm³/mol. The van der Waals surface area contributed by atoms with Crippen LogP contribution >= 0.6 is 23.5 Å². The largest absolute Gasteiger partial charge is 0.417 e. The highest BCUT2D eigenvalue weighted by atomic mass is 32.2. The third kappa shape index (κ3) is 2.79. The summed E-state index contributed by atoms with van der Waals surface area (Å²) in [4.78, 5) is 21.6. The van der Waals surface area contributed by atoms with E-state index in [9.17, 15) is 4.79 Å². The molecule has 2 rings (SSSR count). The summed E-state index contributed by atoms with van der Waals surface area (Å²) in [6.45, 7) is 0. The van der Waals surface area contributed by atoms with Crippen molar-refractivity contribution in [2.24, 2.45) is 4.99 Å². The normalized spacial score (nSPS) is 10.5. The molecule has 19 heavy (non-hydrogen) atoms. The van der Waals surface area contributed by atoms with Crippen LogP contribution in [0.25, 0.3) is 10.9 Å². The fourth-order valence-corrected chi connectivity index (χ4v) is 2.80. The highest BCUT2D eigenvalue weighted by Gasteiger charge is 2.15. The van der Waals surface area contributed by atoms with Crippen LogP contribution < -0.4 is 4.84 Å². The van der Waals surface area contributed by atoms with Crippen LogP contribution in [0.4, 0.5) is 0 Å². The lowest BCUT2D eigenvalue weighted by Gasteiger charge is -1.99. The van der Waals surface area contributed by atoms with E-state index in [4.69, 9.17) is 4.84 Å². The van der Waals surface area contributed by atoms with Gasteiger partial charge in [-0.3, -0.25) is 4.79 Å². The summed E-state index contributed by atoms with van der Waals surface area (Å²) in [5.74, 6) is -0.245. The first-order valence-corrected chi connectivity index (χ1v) is 8.01. The fraction of sp³-hybridized carbons (Fsp3) is 0.231. The number of benzene rings is 1. The molecule has 0 atom stereocenters. The molecule has 0 aliphatic rings. The monoisotopic (exact) mass is 294 g/mol. The Morgan fingerprint density at radius 3 is 2.58 bits per heavy atom. The molecule has 0 bridgehead atoms. The summed E-state index contributed by atoms with van der Waals surface area (Å²) in [7, 11) is 1.57. The first-order chi connectivity index (χ1) is 9.21. The first kappa shape index (κ1) is 14.0. The van der Waals surface area contributed by atoms with Gasteiger partial charge >= 0.3 is 0 Å². The number of fused-ring (bicyclic) bond motifs is 1. The third-order valence-corrected chi connectivity index (χ3v) is 4.53. The topological polar surface area (TPSA) is 43.6 Å². The highest BCUT2D eigenvalue weighted by Crippen LogP contribution is 2.22. The second-order valence-corrected chi connectivity index (χ2v) is 5.51. The molecular weight excluding hydrogens is 280 g/mol. The SMILES string of the molecule is COn1cc(C(=O)N=C(SC)SC)c2ccccc21. The number of nitrogens with zero attached hydrogens (tertiary/aromatic N) is 2. The van der Waals surface area contributed by atoms with Gasteiger partial charge in [0.15, 0.2) is 0 Å². The van der Waals surface area contributed by atoms with Gasteiger partial charge in [0, 0.05) is 5.39 Å². The van der Waals surface area contributed by atoms with Crippen LogP contribution in [0.2, 0.25) is 0 Å².